The largest absolute Gasteiger partial charge is 0.378 e. The highest BCUT2D eigenvalue weighted by molar-refractivity contribution is 5.93. The van der Waals surface area contributed by atoms with Crippen LogP contribution in [0, 0.1) is 5.92 Å². The summed E-state index contributed by atoms with van der Waals surface area (Å²) in [7, 11) is 0. The fourth-order valence-electron chi connectivity index (χ4n) is 5.13. The molecule has 0 saturated carbocycles. The summed E-state index contributed by atoms with van der Waals surface area (Å²) in [4.78, 5) is 22.1. The third-order valence-corrected chi connectivity index (χ3v) is 7.18. The minimum atomic E-state index is -0.109. The molecule has 1 atom stereocenters. The predicted molar refractivity (Wildman–Crippen MR) is 148 cm³/mol. The van der Waals surface area contributed by atoms with Crippen molar-refractivity contribution in [2.45, 2.75) is 12.8 Å². The van der Waals surface area contributed by atoms with Gasteiger partial charge in [0.2, 0.25) is 5.91 Å². The van der Waals surface area contributed by atoms with Gasteiger partial charge in [0.1, 0.15) is 5.82 Å². The summed E-state index contributed by atoms with van der Waals surface area (Å²) in [6, 6.07) is 22.0. The number of carbonyl (C=O) groups excluding carboxylic acids is 1. The van der Waals surface area contributed by atoms with E-state index in [0.29, 0.717) is 12.4 Å². The fraction of sp³-hybridized carbons (Fsp3) is 0.310. The lowest BCUT2D eigenvalue weighted by Crippen LogP contribution is -2.41. The number of imidazole rings is 1. The van der Waals surface area contributed by atoms with Crippen LogP contribution in [0.3, 0.4) is 0 Å². The Morgan fingerprint density at radius 2 is 1.63 bits per heavy atom. The van der Waals surface area contributed by atoms with Crippen LogP contribution in [0.5, 0.6) is 0 Å². The van der Waals surface area contributed by atoms with Gasteiger partial charge in [0.25, 0.3) is 0 Å². The molecule has 9 heteroatoms. The van der Waals surface area contributed by atoms with Gasteiger partial charge < -0.3 is 19.9 Å². The van der Waals surface area contributed by atoms with Gasteiger partial charge in [-0.3, -0.25) is 9.36 Å². The summed E-state index contributed by atoms with van der Waals surface area (Å²) in [5.74, 6) is 2.24. The van der Waals surface area contributed by atoms with Crippen molar-refractivity contribution < 1.29 is 9.53 Å². The average molecular weight is 510 g/mol. The Morgan fingerprint density at radius 1 is 0.868 bits per heavy atom. The lowest BCUT2D eigenvalue weighted by atomic mass is 9.97. The van der Waals surface area contributed by atoms with Gasteiger partial charge >= 0.3 is 0 Å². The molecule has 2 aliphatic rings. The molecule has 4 aromatic rings. The van der Waals surface area contributed by atoms with E-state index in [1.165, 1.54) is 0 Å². The van der Waals surface area contributed by atoms with E-state index in [1.807, 2.05) is 65.4 Å². The number of carbonyl (C=O) groups is 1. The van der Waals surface area contributed by atoms with Crippen LogP contribution in [-0.4, -0.2) is 65.0 Å². The molecule has 2 aromatic carbocycles. The molecule has 0 aliphatic carbocycles. The van der Waals surface area contributed by atoms with E-state index in [9.17, 15) is 4.79 Å². The molecule has 1 amide bonds. The van der Waals surface area contributed by atoms with Crippen LogP contribution in [0.1, 0.15) is 12.8 Å². The van der Waals surface area contributed by atoms with Crippen LogP contribution in [0.4, 0.5) is 17.2 Å². The predicted octanol–water partition coefficient (Wildman–Crippen LogP) is 4.02. The normalized spacial score (nSPS) is 17.8. The molecule has 1 N–H and O–H groups in total. The van der Waals surface area contributed by atoms with Crippen LogP contribution in [0.25, 0.3) is 17.2 Å². The Morgan fingerprint density at radius 3 is 2.39 bits per heavy atom. The maximum absolute atomic E-state index is 13.1. The Labute approximate surface area is 222 Å². The van der Waals surface area contributed by atoms with Crippen molar-refractivity contribution in [2.75, 3.05) is 54.5 Å². The molecule has 2 aliphatic heterocycles. The molecule has 194 valence electrons. The number of nitrogens with zero attached hydrogens (tertiary/aromatic N) is 6. The van der Waals surface area contributed by atoms with E-state index >= 15 is 0 Å². The summed E-state index contributed by atoms with van der Waals surface area (Å²) in [6.07, 6.45) is 5.44. The average Bonchev–Trinajstić information content (AvgIpc) is 3.49. The zero-order valence-corrected chi connectivity index (χ0v) is 21.2. The number of nitrogens with one attached hydrogen (secondary N) is 1. The van der Waals surface area contributed by atoms with Gasteiger partial charge in [0.05, 0.1) is 19.1 Å². The van der Waals surface area contributed by atoms with Gasteiger partial charge in [-0.1, -0.05) is 30.3 Å². The number of benzene rings is 2. The molecule has 1 unspecified atom stereocenters. The number of ether oxygens (including phenoxy) is 1. The quantitative estimate of drug-likeness (QED) is 0.420. The van der Waals surface area contributed by atoms with Gasteiger partial charge in [-0.15, -0.1) is 10.2 Å². The number of morpholine rings is 1. The first-order valence-corrected chi connectivity index (χ1v) is 13.2. The van der Waals surface area contributed by atoms with Crippen LogP contribution in [-0.2, 0) is 9.53 Å². The summed E-state index contributed by atoms with van der Waals surface area (Å²) in [5.41, 5.74) is 3.00. The third kappa shape index (κ3) is 5.24. The van der Waals surface area contributed by atoms with Crippen molar-refractivity contribution in [3.05, 3.63) is 79.1 Å². The molecular weight excluding hydrogens is 478 g/mol. The highest BCUT2D eigenvalue weighted by Crippen LogP contribution is 2.25. The molecule has 6 rings (SSSR count). The van der Waals surface area contributed by atoms with Crippen LogP contribution >= 0.6 is 0 Å². The molecule has 9 nitrogen and oxygen atoms in total. The number of amides is 1. The summed E-state index contributed by atoms with van der Waals surface area (Å²) in [5, 5.41) is 12.1. The smallest absolute Gasteiger partial charge is 0.229 e. The molecule has 4 heterocycles. The third-order valence-electron chi connectivity index (χ3n) is 7.18. The monoisotopic (exact) mass is 509 g/mol. The molecule has 0 radical (unpaired) electrons. The van der Waals surface area contributed by atoms with E-state index in [0.717, 1.165) is 74.3 Å². The van der Waals surface area contributed by atoms with E-state index < -0.39 is 0 Å². The van der Waals surface area contributed by atoms with Gasteiger partial charge in [-0.25, -0.2) is 4.98 Å². The van der Waals surface area contributed by atoms with E-state index in [2.05, 4.69) is 42.4 Å². The van der Waals surface area contributed by atoms with Crippen LogP contribution in [0.2, 0.25) is 0 Å². The number of hydrogen-bond donors (Lipinski definition) is 1. The van der Waals surface area contributed by atoms with Crippen molar-refractivity contribution in [3.63, 3.8) is 0 Å². The molecule has 2 fully saturated rings. The summed E-state index contributed by atoms with van der Waals surface area (Å²) >= 11 is 0. The fourth-order valence-corrected chi connectivity index (χ4v) is 5.13. The van der Waals surface area contributed by atoms with Crippen molar-refractivity contribution in [1.29, 1.82) is 0 Å². The second-order valence-electron chi connectivity index (χ2n) is 9.66. The molecule has 2 saturated heterocycles. The first-order chi connectivity index (χ1) is 18.7. The summed E-state index contributed by atoms with van der Waals surface area (Å²) in [6.45, 7) is 4.76. The van der Waals surface area contributed by atoms with E-state index in [4.69, 9.17) is 4.74 Å². The standard InChI is InChI=1S/C29H31N7O2/c37-29(31-24-8-10-25(11-9-24)34-17-19-38-20-18-34)23-7-4-15-35(21-23)26-12-13-27(33-32-26)36-16-14-30-28(36)22-5-2-1-3-6-22/h1-3,5-6,8-14,16,23H,4,7,15,17-21H2,(H,31,37). The maximum atomic E-state index is 13.1. The lowest BCUT2D eigenvalue weighted by molar-refractivity contribution is -0.120. The summed E-state index contributed by atoms with van der Waals surface area (Å²) < 4.78 is 7.37. The zero-order valence-electron chi connectivity index (χ0n) is 21.2. The van der Waals surface area contributed by atoms with Crippen molar-refractivity contribution in [3.8, 4) is 17.2 Å². The van der Waals surface area contributed by atoms with Crippen molar-refractivity contribution in [1.82, 2.24) is 19.7 Å². The minimum absolute atomic E-state index is 0.0457. The van der Waals surface area contributed by atoms with Gasteiger partial charge in [0.15, 0.2) is 11.6 Å². The van der Waals surface area contributed by atoms with Crippen LogP contribution < -0.4 is 15.1 Å². The van der Waals surface area contributed by atoms with Gasteiger partial charge in [0, 0.05) is 55.5 Å². The highest BCUT2D eigenvalue weighted by Gasteiger charge is 2.27. The molecular formula is C29H31N7O2. The van der Waals surface area contributed by atoms with Crippen LogP contribution in [0.15, 0.2) is 79.1 Å². The Hall–Kier alpha value is -4.24. The van der Waals surface area contributed by atoms with Gasteiger partial charge in [-0.2, -0.15) is 0 Å². The molecule has 0 spiro atoms. The Balaban J connectivity index is 1.09. The van der Waals surface area contributed by atoms with Crippen molar-refractivity contribution in [2.24, 2.45) is 5.92 Å². The number of rotatable bonds is 6. The maximum Gasteiger partial charge on any atom is 0.229 e. The number of piperidine rings is 1. The topological polar surface area (TPSA) is 88.4 Å². The Kier molecular flexibility index (Phi) is 6.99. The number of aromatic nitrogens is 4. The molecule has 2 aromatic heterocycles. The first kappa shape index (κ1) is 24.1. The number of anilines is 3. The zero-order chi connectivity index (χ0) is 25.7. The van der Waals surface area contributed by atoms with E-state index in [1.54, 1.807) is 6.20 Å². The second-order valence-corrected chi connectivity index (χ2v) is 9.66. The second kappa shape index (κ2) is 11.0. The molecule has 0 bridgehead atoms. The first-order valence-electron chi connectivity index (χ1n) is 13.2. The van der Waals surface area contributed by atoms with Gasteiger partial charge in [-0.05, 0) is 49.2 Å². The van der Waals surface area contributed by atoms with E-state index in [-0.39, 0.29) is 11.8 Å². The van der Waals surface area contributed by atoms with Crippen molar-refractivity contribution >= 4 is 23.1 Å². The highest BCUT2D eigenvalue weighted by atomic mass is 16.5. The SMILES string of the molecule is O=C(Nc1ccc(N2CCOCC2)cc1)C1CCCN(c2ccc(-n3ccnc3-c3ccccc3)nn2)C1. The molecule has 38 heavy (non-hydrogen) atoms. The Bertz CT molecular complexity index is 1350. The number of hydrogen-bond acceptors (Lipinski definition) is 7. The minimum Gasteiger partial charge on any atom is -0.378 e. The lowest BCUT2D eigenvalue weighted by Gasteiger charge is -2.32.